The van der Waals surface area contributed by atoms with Gasteiger partial charge in [-0.2, -0.15) is 4.98 Å². The molecule has 1 aromatic heterocycles. The predicted molar refractivity (Wildman–Crippen MR) is 101 cm³/mol. The normalized spacial score (nSPS) is 11.1. The van der Waals surface area contributed by atoms with Crippen LogP contribution in [0.15, 0.2) is 16.7 Å². The molecule has 2 aromatic carbocycles. The van der Waals surface area contributed by atoms with Crippen molar-refractivity contribution in [1.82, 2.24) is 10.1 Å². The molecule has 0 saturated carbocycles. The van der Waals surface area contributed by atoms with Crippen molar-refractivity contribution in [3.63, 3.8) is 0 Å². The van der Waals surface area contributed by atoms with E-state index in [4.69, 9.17) is 4.52 Å². The van der Waals surface area contributed by atoms with Gasteiger partial charge in [0, 0.05) is 5.56 Å². The average Bonchev–Trinajstić information content (AvgIpc) is 3.05. The minimum atomic E-state index is -1.02. The number of halogens is 1. The van der Waals surface area contributed by atoms with Crippen LogP contribution in [-0.4, -0.2) is 21.2 Å². The summed E-state index contributed by atoms with van der Waals surface area (Å²) in [4.78, 5) is 15.9. The van der Waals surface area contributed by atoms with Crippen LogP contribution in [0.1, 0.15) is 43.7 Å². The number of nitrogens with zero attached hydrogens (tertiary/aromatic N) is 2. The molecule has 0 unspecified atom stereocenters. The highest BCUT2D eigenvalue weighted by Gasteiger charge is 2.23. The summed E-state index contributed by atoms with van der Waals surface area (Å²) in [5.41, 5.74) is 5.38. The Morgan fingerprint density at radius 1 is 0.926 bits per heavy atom. The van der Waals surface area contributed by atoms with Crippen LogP contribution < -0.4 is 0 Å². The lowest BCUT2D eigenvalue weighted by Crippen LogP contribution is -2.05. The topological polar surface area (TPSA) is 76.2 Å². The van der Waals surface area contributed by atoms with Crippen LogP contribution in [0, 0.1) is 47.4 Å². The highest BCUT2D eigenvalue weighted by Crippen LogP contribution is 2.34. The van der Waals surface area contributed by atoms with Gasteiger partial charge in [0.1, 0.15) is 5.82 Å². The van der Waals surface area contributed by atoms with Crippen LogP contribution in [-0.2, 0) is 0 Å². The SMILES string of the molecule is Cc1cc(C)c(-c2nc(-c3c(C)c(C)cc(C(=O)O)c3C)no2)c(F)c1C. The van der Waals surface area contributed by atoms with Crippen LogP contribution in [0.5, 0.6) is 0 Å². The lowest BCUT2D eigenvalue weighted by Gasteiger charge is -2.12. The molecule has 0 fully saturated rings. The molecule has 3 rings (SSSR count). The Bertz CT molecular complexity index is 1080. The Morgan fingerprint density at radius 2 is 1.56 bits per heavy atom. The summed E-state index contributed by atoms with van der Waals surface area (Å²) in [6.07, 6.45) is 0. The van der Waals surface area contributed by atoms with Gasteiger partial charge in [-0.25, -0.2) is 9.18 Å². The summed E-state index contributed by atoms with van der Waals surface area (Å²) in [6.45, 7) is 10.8. The fourth-order valence-corrected chi connectivity index (χ4v) is 3.33. The fourth-order valence-electron chi connectivity index (χ4n) is 3.33. The van der Waals surface area contributed by atoms with E-state index in [1.54, 1.807) is 26.8 Å². The molecule has 27 heavy (non-hydrogen) atoms. The first-order chi connectivity index (χ1) is 12.6. The number of carboxylic acids is 1. The molecule has 1 heterocycles. The molecule has 0 aliphatic rings. The van der Waals surface area contributed by atoms with Gasteiger partial charge >= 0.3 is 5.97 Å². The second kappa shape index (κ2) is 6.61. The Kier molecular flexibility index (Phi) is 4.59. The minimum absolute atomic E-state index is 0.0836. The Balaban J connectivity index is 2.22. The van der Waals surface area contributed by atoms with Crippen molar-refractivity contribution in [2.75, 3.05) is 0 Å². The van der Waals surface area contributed by atoms with Crippen molar-refractivity contribution in [3.05, 3.63) is 56.9 Å². The van der Waals surface area contributed by atoms with E-state index in [1.807, 2.05) is 26.8 Å². The van der Waals surface area contributed by atoms with Gasteiger partial charge in [-0.1, -0.05) is 11.2 Å². The van der Waals surface area contributed by atoms with Crippen molar-refractivity contribution < 1.29 is 18.8 Å². The highest BCUT2D eigenvalue weighted by molar-refractivity contribution is 5.92. The number of benzene rings is 2. The first kappa shape index (κ1) is 18.8. The smallest absolute Gasteiger partial charge is 0.335 e. The molecule has 0 aliphatic heterocycles. The number of aromatic carboxylic acids is 1. The van der Waals surface area contributed by atoms with Crippen LogP contribution in [0.3, 0.4) is 0 Å². The molecular formula is C21H21FN2O3. The highest BCUT2D eigenvalue weighted by atomic mass is 19.1. The Morgan fingerprint density at radius 3 is 2.19 bits per heavy atom. The van der Waals surface area contributed by atoms with E-state index >= 15 is 0 Å². The Hall–Kier alpha value is -3.02. The number of hydrogen-bond donors (Lipinski definition) is 1. The maximum absolute atomic E-state index is 14.8. The zero-order chi connectivity index (χ0) is 20.0. The zero-order valence-corrected chi connectivity index (χ0v) is 16.2. The molecule has 3 aromatic rings. The van der Waals surface area contributed by atoms with Gasteiger partial charge in [-0.15, -0.1) is 0 Å². The lowest BCUT2D eigenvalue weighted by atomic mass is 9.93. The first-order valence-electron chi connectivity index (χ1n) is 8.58. The van der Waals surface area contributed by atoms with Crippen molar-refractivity contribution >= 4 is 5.97 Å². The number of rotatable bonds is 3. The zero-order valence-electron chi connectivity index (χ0n) is 16.2. The largest absolute Gasteiger partial charge is 0.478 e. The third-order valence-electron chi connectivity index (χ3n) is 5.17. The number of hydrogen-bond acceptors (Lipinski definition) is 4. The summed E-state index contributed by atoms with van der Waals surface area (Å²) in [5.74, 6) is -1.06. The maximum atomic E-state index is 14.8. The van der Waals surface area contributed by atoms with Crippen molar-refractivity contribution in [3.8, 4) is 22.8 Å². The van der Waals surface area contributed by atoms with Crippen LogP contribution in [0.25, 0.3) is 22.8 Å². The van der Waals surface area contributed by atoms with E-state index in [9.17, 15) is 14.3 Å². The molecule has 0 aliphatic carbocycles. The predicted octanol–water partition coefficient (Wildman–Crippen LogP) is 5.09. The molecule has 0 radical (unpaired) electrons. The summed E-state index contributed by atoms with van der Waals surface area (Å²) in [6, 6.07) is 3.51. The van der Waals surface area contributed by atoms with Gasteiger partial charge in [0.15, 0.2) is 0 Å². The summed E-state index contributed by atoms with van der Waals surface area (Å²) in [7, 11) is 0. The van der Waals surface area contributed by atoms with E-state index in [0.29, 0.717) is 22.3 Å². The third kappa shape index (κ3) is 3.01. The van der Waals surface area contributed by atoms with Crippen molar-refractivity contribution in [2.45, 2.75) is 41.5 Å². The van der Waals surface area contributed by atoms with E-state index in [1.165, 1.54) is 0 Å². The molecule has 0 bridgehead atoms. The van der Waals surface area contributed by atoms with E-state index < -0.39 is 5.97 Å². The number of aromatic nitrogens is 2. The second-order valence-electron chi connectivity index (χ2n) is 6.92. The summed E-state index contributed by atoms with van der Waals surface area (Å²) >= 11 is 0. The molecule has 140 valence electrons. The van der Waals surface area contributed by atoms with E-state index in [2.05, 4.69) is 10.1 Å². The molecule has 0 atom stereocenters. The molecule has 0 amide bonds. The molecule has 0 spiro atoms. The van der Waals surface area contributed by atoms with Gasteiger partial charge < -0.3 is 9.63 Å². The molecule has 6 heteroatoms. The van der Waals surface area contributed by atoms with Gasteiger partial charge in [-0.3, -0.25) is 0 Å². The van der Waals surface area contributed by atoms with Gasteiger partial charge in [0.2, 0.25) is 5.82 Å². The van der Waals surface area contributed by atoms with Gasteiger partial charge in [0.25, 0.3) is 5.89 Å². The molecular weight excluding hydrogens is 347 g/mol. The number of carbonyl (C=O) groups is 1. The quantitative estimate of drug-likeness (QED) is 0.697. The molecule has 5 nitrogen and oxygen atoms in total. The second-order valence-corrected chi connectivity index (χ2v) is 6.92. The number of carboxylic acid groups (broad SMARTS) is 1. The van der Waals surface area contributed by atoms with Gasteiger partial charge in [0.05, 0.1) is 11.1 Å². The van der Waals surface area contributed by atoms with Crippen LogP contribution >= 0.6 is 0 Å². The lowest BCUT2D eigenvalue weighted by molar-refractivity contribution is 0.0696. The Labute approximate surface area is 156 Å². The first-order valence-corrected chi connectivity index (χ1v) is 8.58. The standard InChI is InChI=1S/C21H21FN2O3/c1-9-7-11(3)16(18(22)13(9)5)20-23-19(24-27-20)17-12(4)10(2)8-15(14(17)6)21(25)26/h7-8H,1-6H3,(H,25,26). The van der Waals surface area contributed by atoms with Gasteiger partial charge in [-0.05, 0) is 81.0 Å². The van der Waals surface area contributed by atoms with Crippen LogP contribution in [0.4, 0.5) is 4.39 Å². The van der Waals surface area contributed by atoms with Crippen LogP contribution in [0.2, 0.25) is 0 Å². The third-order valence-corrected chi connectivity index (χ3v) is 5.17. The van der Waals surface area contributed by atoms with Crippen molar-refractivity contribution in [1.29, 1.82) is 0 Å². The van der Waals surface area contributed by atoms with E-state index in [-0.39, 0.29) is 28.7 Å². The van der Waals surface area contributed by atoms with E-state index in [0.717, 1.165) is 16.7 Å². The maximum Gasteiger partial charge on any atom is 0.335 e. The summed E-state index contributed by atoms with van der Waals surface area (Å²) < 4.78 is 20.2. The molecule has 0 saturated heterocycles. The average molecular weight is 368 g/mol. The minimum Gasteiger partial charge on any atom is -0.478 e. The fraction of sp³-hybridized carbons (Fsp3) is 0.286. The van der Waals surface area contributed by atoms with Crippen molar-refractivity contribution in [2.24, 2.45) is 0 Å². The molecule has 1 N–H and O–H groups in total. The summed E-state index contributed by atoms with van der Waals surface area (Å²) in [5, 5.41) is 13.5. The number of aryl methyl sites for hydroxylation is 3. The monoisotopic (exact) mass is 368 g/mol.